The van der Waals surface area contributed by atoms with Gasteiger partial charge >= 0.3 is 0 Å². The molecule has 0 amide bonds. The largest absolute Gasteiger partial charge is 0.370 e. The maximum atomic E-state index is 13.7. The summed E-state index contributed by atoms with van der Waals surface area (Å²) in [6, 6.07) is 16.8. The molecule has 0 aliphatic heterocycles. The highest BCUT2D eigenvalue weighted by atomic mass is 19.1. The minimum absolute atomic E-state index is 0.174. The second-order valence-corrected chi connectivity index (χ2v) is 6.12. The average molecular weight is 350 g/mol. The molecule has 26 heavy (non-hydrogen) atoms. The van der Waals surface area contributed by atoms with Crippen LogP contribution in [0.1, 0.15) is 23.7 Å². The molecule has 4 nitrogen and oxygen atoms in total. The number of aryl methyl sites for hydroxylation is 2. The van der Waals surface area contributed by atoms with Gasteiger partial charge in [0.2, 0.25) is 5.95 Å². The molecule has 0 fully saturated rings. The summed E-state index contributed by atoms with van der Waals surface area (Å²) in [5, 5.41) is 6.56. The Morgan fingerprint density at radius 2 is 1.69 bits per heavy atom. The predicted molar refractivity (Wildman–Crippen MR) is 104 cm³/mol. The fraction of sp³-hybridized carbons (Fsp3) is 0.238. The predicted octanol–water partition coefficient (Wildman–Crippen LogP) is 4.88. The molecular weight excluding hydrogens is 327 g/mol. The third kappa shape index (κ3) is 4.57. The maximum Gasteiger partial charge on any atom is 0.229 e. The number of rotatable bonds is 7. The molecule has 134 valence electrons. The molecule has 2 aromatic carbocycles. The Morgan fingerprint density at radius 3 is 2.46 bits per heavy atom. The van der Waals surface area contributed by atoms with Gasteiger partial charge in [-0.05, 0) is 43.0 Å². The first-order valence-electron chi connectivity index (χ1n) is 8.83. The van der Waals surface area contributed by atoms with Gasteiger partial charge in [0.25, 0.3) is 0 Å². The van der Waals surface area contributed by atoms with Crippen molar-refractivity contribution in [3.8, 4) is 0 Å². The van der Waals surface area contributed by atoms with Crippen molar-refractivity contribution in [3.63, 3.8) is 0 Å². The smallest absolute Gasteiger partial charge is 0.229 e. The first kappa shape index (κ1) is 17.9. The van der Waals surface area contributed by atoms with E-state index in [0.717, 1.165) is 23.6 Å². The van der Waals surface area contributed by atoms with Gasteiger partial charge in [0, 0.05) is 24.0 Å². The van der Waals surface area contributed by atoms with Gasteiger partial charge in [-0.2, -0.15) is 4.98 Å². The van der Waals surface area contributed by atoms with Crippen LogP contribution >= 0.6 is 0 Å². The van der Waals surface area contributed by atoms with E-state index in [4.69, 9.17) is 0 Å². The van der Waals surface area contributed by atoms with Crippen LogP contribution in [0.4, 0.5) is 21.8 Å². The summed E-state index contributed by atoms with van der Waals surface area (Å²) in [6.45, 7) is 4.65. The Labute approximate surface area is 153 Å². The molecule has 0 aliphatic carbocycles. The van der Waals surface area contributed by atoms with E-state index < -0.39 is 0 Å². The number of para-hydroxylation sites is 1. The maximum absolute atomic E-state index is 13.7. The van der Waals surface area contributed by atoms with E-state index in [1.807, 2.05) is 37.3 Å². The highest BCUT2D eigenvalue weighted by Gasteiger charge is 2.06. The van der Waals surface area contributed by atoms with E-state index in [2.05, 4.69) is 33.6 Å². The van der Waals surface area contributed by atoms with Crippen molar-refractivity contribution >= 4 is 17.5 Å². The van der Waals surface area contributed by atoms with Crippen LogP contribution in [0.3, 0.4) is 0 Å². The summed E-state index contributed by atoms with van der Waals surface area (Å²) in [5.74, 6) is 1.11. The number of hydrogen-bond donors (Lipinski definition) is 2. The van der Waals surface area contributed by atoms with Gasteiger partial charge in [-0.15, -0.1) is 0 Å². The number of hydrogen-bond acceptors (Lipinski definition) is 4. The van der Waals surface area contributed by atoms with Crippen molar-refractivity contribution in [2.24, 2.45) is 0 Å². The molecule has 0 saturated heterocycles. The van der Waals surface area contributed by atoms with Crippen LogP contribution in [0.5, 0.6) is 0 Å². The molecule has 2 N–H and O–H groups in total. The van der Waals surface area contributed by atoms with E-state index in [-0.39, 0.29) is 5.82 Å². The van der Waals surface area contributed by atoms with Gasteiger partial charge < -0.3 is 10.6 Å². The number of nitrogens with zero attached hydrogens (tertiary/aromatic N) is 2. The summed E-state index contributed by atoms with van der Waals surface area (Å²) < 4.78 is 13.7. The summed E-state index contributed by atoms with van der Waals surface area (Å²) in [6.07, 6.45) is 1.53. The number of nitrogens with one attached hydrogen (secondary N) is 2. The molecule has 0 bridgehead atoms. The fourth-order valence-electron chi connectivity index (χ4n) is 2.81. The first-order chi connectivity index (χ1) is 12.7. The summed E-state index contributed by atoms with van der Waals surface area (Å²) in [5.41, 5.74) is 3.79. The highest BCUT2D eigenvalue weighted by molar-refractivity contribution is 5.59. The quantitative estimate of drug-likeness (QED) is 0.637. The van der Waals surface area contributed by atoms with Crippen molar-refractivity contribution in [1.29, 1.82) is 0 Å². The van der Waals surface area contributed by atoms with Crippen LogP contribution in [0.15, 0.2) is 54.6 Å². The van der Waals surface area contributed by atoms with Crippen molar-refractivity contribution in [1.82, 2.24) is 9.97 Å². The SMILES string of the molecule is CCc1ccccc1Nc1nc(C)cc(NCCc2ccccc2F)n1. The minimum Gasteiger partial charge on any atom is -0.370 e. The number of halogens is 1. The van der Waals surface area contributed by atoms with Crippen LogP contribution in [-0.4, -0.2) is 16.5 Å². The van der Waals surface area contributed by atoms with E-state index in [0.29, 0.717) is 24.5 Å². The third-order valence-electron chi connectivity index (χ3n) is 4.16. The molecule has 0 aliphatic rings. The van der Waals surface area contributed by atoms with E-state index in [1.54, 1.807) is 12.1 Å². The standard InChI is InChI=1S/C21H23FN4/c1-3-16-8-5-7-11-19(16)25-21-24-15(2)14-20(26-21)23-13-12-17-9-4-6-10-18(17)22/h4-11,14H,3,12-13H2,1-2H3,(H2,23,24,25,26). The monoisotopic (exact) mass is 350 g/mol. The second-order valence-electron chi connectivity index (χ2n) is 6.12. The Bertz CT molecular complexity index is 879. The molecule has 0 saturated carbocycles. The van der Waals surface area contributed by atoms with Crippen LogP contribution in [0, 0.1) is 12.7 Å². The lowest BCUT2D eigenvalue weighted by molar-refractivity contribution is 0.610. The molecular formula is C21H23FN4. The van der Waals surface area contributed by atoms with E-state index >= 15 is 0 Å². The van der Waals surface area contributed by atoms with Crippen molar-refractivity contribution in [3.05, 3.63) is 77.2 Å². The van der Waals surface area contributed by atoms with Crippen molar-refractivity contribution in [2.45, 2.75) is 26.7 Å². The Balaban J connectivity index is 1.68. The molecule has 0 atom stereocenters. The number of anilines is 3. The minimum atomic E-state index is -0.174. The fourth-order valence-corrected chi connectivity index (χ4v) is 2.81. The van der Waals surface area contributed by atoms with E-state index in [9.17, 15) is 4.39 Å². The zero-order valence-corrected chi connectivity index (χ0v) is 15.1. The molecule has 1 aromatic heterocycles. The molecule has 0 spiro atoms. The number of benzene rings is 2. The molecule has 0 unspecified atom stereocenters. The highest BCUT2D eigenvalue weighted by Crippen LogP contribution is 2.20. The average Bonchev–Trinajstić information content (AvgIpc) is 2.63. The molecule has 5 heteroatoms. The van der Waals surface area contributed by atoms with Crippen LogP contribution in [-0.2, 0) is 12.8 Å². The van der Waals surface area contributed by atoms with Gasteiger partial charge in [-0.3, -0.25) is 0 Å². The van der Waals surface area contributed by atoms with Gasteiger partial charge in [-0.1, -0.05) is 43.3 Å². The molecule has 3 aromatic rings. The second kappa shape index (κ2) is 8.43. The lowest BCUT2D eigenvalue weighted by Crippen LogP contribution is -2.09. The summed E-state index contributed by atoms with van der Waals surface area (Å²) >= 11 is 0. The van der Waals surface area contributed by atoms with Crippen LogP contribution in [0.2, 0.25) is 0 Å². The van der Waals surface area contributed by atoms with Gasteiger partial charge in [0.15, 0.2) is 0 Å². The molecule has 3 rings (SSSR count). The third-order valence-corrected chi connectivity index (χ3v) is 4.16. The van der Waals surface area contributed by atoms with Gasteiger partial charge in [0.1, 0.15) is 11.6 Å². The van der Waals surface area contributed by atoms with Crippen LogP contribution in [0.25, 0.3) is 0 Å². The lowest BCUT2D eigenvalue weighted by atomic mass is 10.1. The summed E-state index contributed by atoms with van der Waals surface area (Å²) in [7, 11) is 0. The summed E-state index contributed by atoms with van der Waals surface area (Å²) in [4.78, 5) is 8.99. The molecule has 0 radical (unpaired) electrons. The van der Waals surface area contributed by atoms with Gasteiger partial charge in [-0.25, -0.2) is 9.37 Å². The van der Waals surface area contributed by atoms with Gasteiger partial charge in [0.05, 0.1) is 0 Å². The van der Waals surface area contributed by atoms with Crippen LogP contribution < -0.4 is 10.6 Å². The number of aromatic nitrogens is 2. The topological polar surface area (TPSA) is 49.8 Å². The molecule has 1 heterocycles. The zero-order chi connectivity index (χ0) is 18.4. The van der Waals surface area contributed by atoms with Crippen molar-refractivity contribution < 1.29 is 4.39 Å². The Kier molecular flexibility index (Phi) is 5.79. The lowest BCUT2D eigenvalue weighted by Gasteiger charge is -2.12. The zero-order valence-electron chi connectivity index (χ0n) is 15.1. The Hall–Kier alpha value is -2.95. The first-order valence-corrected chi connectivity index (χ1v) is 8.83. The normalized spacial score (nSPS) is 10.6. The van der Waals surface area contributed by atoms with E-state index in [1.165, 1.54) is 11.6 Å². The Morgan fingerprint density at radius 1 is 0.962 bits per heavy atom. The van der Waals surface area contributed by atoms with Crippen molar-refractivity contribution in [2.75, 3.05) is 17.2 Å².